The Balaban J connectivity index is 2.12. The van der Waals surface area contributed by atoms with E-state index in [-0.39, 0.29) is 24.5 Å². The van der Waals surface area contributed by atoms with Gasteiger partial charge in [-0.15, -0.1) is 0 Å². The van der Waals surface area contributed by atoms with Crippen LogP contribution in [0.25, 0.3) is 0 Å². The largest absolute Gasteiger partial charge is 0.481 e. The standard InChI is InChI=1S/C11H20N2O3/c1-2-8-9(13-11(16)12-8)6-4-3-5-7-10(14)15/h8-9H,2-7H2,1H3,(H,14,15)(H2,12,13,16). The summed E-state index contributed by atoms with van der Waals surface area (Å²) < 4.78 is 0. The van der Waals surface area contributed by atoms with E-state index in [1.54, 1.807) is 0 Å². The Hall–Kier alpha value is -1.26. The molecule has 92 valence electrons. The first-order valence-corrected chi connectivity index (χ1v) is 5.92. The van der Waals surface area contributed by atoms with Gasteiger partial charge in [-0.25, -0.2) is 4.79 Å². The highest BCUT2D eigenvalue weighted by atomic mass is 16.4. The summed E-state index contributed by atoms with van der Waals surface area (Å²) in [5.41, 5.74) is 0. The smallest absolute Gasteiger partial charge is 0.315 e. The predicted molar refractivity (Wildman–Crippen MR) is 60.3 cm³/mol. The Labute approximate surface area is 95.6 Å². The number of carbonyl (C=O) groups is 2. The van der Waals surface area contributed by atoms with E-state index >= 15 is 0 Å². The summed E-state index contributed by atoms with van der Waals surface area (Å²) >= 11 is 0. The van der Waals surface area contributed by atoms with E-state index in [4.69, 9.17) is 5.11 Å². The predicted octanol–water partition coefficient (Wildman–Crippen LogP) is 1.48. The van der Waals surface area contributed by atoms with Gasteiger partial charge < -0.3 is 15.7 Å². The second kappa shape index (κ2) is 6.35. The lowest BCUT2D eigenvalue weighted by atomic mass is 10.0. The zero-order valence-corrected chi connectivity index (χ0v) is 9.66. The van der Waals surface area contributed by atoms with Crippen molar-refractivity contribution in [3.8, 4) is 0 Å². The van der Waals surface area contributed by atoms with E-state index < -0.39 is 5.97 Å². The summed E-state index contributed by atoms with van der Waals surface area (Å²) in [5.74, 6) is -0.734. The number of carbonyl (C=O) groups excluding carboxylic acids is 1. The van der Waals surface area contributed by atoms with Gasteiger partial charge in [-0.1, -0.05) is 19.8 Å². The first-order chi connectivity index (χ1) is 7.63. The summed E-state index contributed by atoms with van der Waals surface area (Å²) in [5, 5.41) is 14.2. The quantitative estimate of drug-likeness (QED) is 0.577. The molecule has 1 saturated heterocycles. The molecule has 1 aliphatic heterocycles. The number of carboxylic acid groups (broad SMARTS) is 1. The van der Waals surface area contributed by atoms with Crippen molar-refractivity contribution in [1.82, 2.24) is 10.6 Å². The van der Waals surface area contributed by atoms with Crippen molar-refractivity contribution < 1.29 is 14.7 Å². The summed E-state index contributed by atoms with van der Waals surface area (Å²) in [6.45, 7) is 2.05. The van der Waals surface area contributed by atoms with E-state index in [0.717, 1.165) is 32.1 Å². The number of aliphatic carboxylic acids is 1. The van der Waals surface area contributed by atoms with Gasteiger partial charge in [0.2, 0.25) is 0 Å². The molecule has 2 unspecified atom stereocenters. The van der Waals surface area contributed by atoms with Crippen molar-refractivity contribution in [2.24, 2.45) is 0 Å². The number of carboxylic acids is 1. The molecule has 0 aromatic carbocycles. The molecule has 2 atom stereocenters. The van der Waals surface area contributed by atoms with Gasteiger partial charge in [0, 0.05) is 6.42 Å². The highest BCUT2D eigenvalue weighted by Gasteiger charge is 2.29. The molecule has 1 rings (SSSR count). The molecule has 0 bridgehead atoms. The topological polar surface area (TPSA) is 78.4 Å². The minimum atomic E-state index is -0.734. The Morgan fingerprint density at radius 3 is 2.56 bits per heavy atom. The SMILES string of the molecule is CCC1NC(=O)NC1CCCCCC(=O)O. The lowest BCUT2D eigenvalue weighted by Gasteiger charge is -2.16. The Morgan fingerprint density at radius 2 is 1.94 bits per heavy atom. The zero-order valence-electron chi connectivity index (χ0n) is 9.66. The fourth-order valence-electron chi connectivity index (χ4n) is 2.06. The van der Waals surface area contributed by atoms with Gasteiger partial charge in [-0.05, 0) is 19.3 Å². The zero-order chi connectivity index (χ0) is 12.0. The average molecular weight is 228 g/mol. The molecule has 0 aliphatic carbocycles. The van der Waals surface area contributed by atoms with Crippen LogP contribution in [-0.2, 0) is 4.79 Å². The molecule has 1 fully saturated rings. The number of amides is 2. The Bertz CT molecular complexity index is 256. The molecule has 5 heteroatoms. The second-order valence-corrected chi connectivity index (χ2v) is 4.23. The van der Waals surface area contributed by atoms with Crippen molar-refractivity contribution in [3.05, 3.63) is 0 Å². The number of hydrogen-bond donors (Lipinski definition) is 3. The molecular formula is C11H20N2O3. The molecule has 0 aromatic rings. The summed E-state index contributed by atoms with van der Waals surface area (Å²) in [4.78, 5) is 21.4. The van der Waals surface area contributed by atoms with Gasteiger partial charge in [0.1, 0.15) is 0 Å². The molecule has 2 amide bonds. The van der Waals surface area contributed by atoms with Gasteiger partial charge in [-0.3, -0.25) is 4.79 Å². The maximum Gasteiger partial charge on any atom is 0.315 e. The third-order valence-electron chi connectivity index (χ3n) is 2.96. The van der Waals surface area contributed by atoms with Crippen LogP contribution < -0.4 is 10.6 Å². The van der Waals surface area contributed by atoms with E-state index in [1.807, 2.05) is 0 Å². The Kier molecular flexibility index (Phi) is 5.08. The average Bonchev–Trinajstić information content (AvgIpc) is 2.58. The number of nitrogens with one attached hydrogen (secondary N) is 2. The fourth-order valence-corrected chi connectivity index (χ4v) is 2.06. The van der Waals surface area contributed by atoms with Crippen molar-refractivity contribution in [3.63, 3.8) is 0 Å². The maximum atomic E-state index is 11.1. The normalized spacial score (nSPS) is 23.9. The molecule has 1 aliphatic rings. The van der Waals surface area contributed by atoms with Gasteiger partial charge in [-0.2, -0.15) is 0 Å². The number of hydrogen-bond acceptors (Lipinski definition) is 2. The second-order valence-electron chi connectivity index (χ2n) is 4.23. The van der Waals surface area contributed by atoms with Gasteiger partial charge in [0.05, 0.1) is 12.1 Å². The molecule has 1 heterocycles. The Morgan fingerprint density at radius 1 is 1.25 bits per heavy atom. The first-order valence-electron chi connectivity index (χ1n) is 5.92. The molecule has 5 nitrogen and oxygen atoms in total. The summed E-state index contributed by atoms with van der Waals surface area (Å²) in [7, 11) is 0. The molecular weight excluding hydrogens is 208 g/mol. The van der Waals surface area contributed by atoms with Gasteiger partial charge in [0.25, 0.3) is 0 Å². The molecule has 0 aromatic heterocycles. The number of urea groups is 1. The minimum absolute atomic E-state index is 0.0811. The first kappa shape index (κ1) is 12.8. The highest BCUT2D eigenvalue weighted by molar-refractivity contribution is 5.77. The lowest BCUT2D eigenvalue weighted by molar-refractivity contribution is -0.137. The third-order valence-corrected chi connectivity index (χ3v) is 2.96. The number of unbranched alkanes of at least 4 members (excludes halogenated alkanes) is 2. The van der Waals surface area contributed by atoms with Crippen LogP contribution in [-0.4, -0.2) is 29.2 Å². The van der Waals surface area contributed by atoms with Crippen LogP contribution >= 0.6 is 0 Å². The minimum Gasteiger partial charge on any atom is -0.481 e. The van der Waals surface area contributed by atoms with Crippen molar-refractivity contribution in [2.75, 3.05) is 0 Å². The van der Waals surface area contributed by atoms with E-state index in [2.05, 4.69) is 17.6 Å². The van der Waals surface area contributed by atoms with Crippen LogP contribution in [0.3, 0.4) is 0 Å². The van der Waals surface area contributed by atoms with Crippen LogP contribution in [0.15, 0.2) is 0 Å². The van der Waals surface area contributed by atoms with E-state index in [0.29, 0.717) is 0 Å². The van der Waals surface area contributed by atoms with Crippen molar-refractivity contribution in [2.45, 2.75) is 57.5 Å². The molecule has 0 saturated carbocycles. The van der Waals surface area contributed by atoms with Crippen LogP contribution in [0.1, 0.15) is 45.4 Å². The number of rotatable bonds is 7. The maximum absolute atomic E-state index is 11.1. The van der Waals surface area contributed by atoms with E-state index in [9.17, 15) is 9.59 Å². The third kappa shape index (κ3) is 4.08. The van der Waals surface area contributed by atoms with Crippen LogP contribution in [0, 0.1) is 0 Å². The monoisotopic (exact) mass is 228 g/mol. The van der Waals surface area contributed by atoms with Crippen LogP contribution in [0.5, 0.6) is 0 Å². The van der Waals surface area contributed by atoms with Crippen molar-refractivity contribution in [1.29, 1.82) is 0 Å². The highest BCUT2D eigenvalue weighted by Crippen LogP contribution is 2.13. The molecule has 3 N–H and O–H groups in total. The van der Waals surface area contributed by atoms with Crippen LogP contribution in [0.2, 0.25) is 0 Å². The van der Waals surface area contributed by atoms with Gasteiger partial charge >= 0.3 is 12.0 Å². The fraction of sp³-hybridized carbons (Fsp3) is 0.818. The van der Waals surface area contributed by atoms with Gasteiger partial charge in [0.15, 0.2) is 0 Å². The van der Waals surface area contributed by atoms with Crippen LogP contribution in [0.4, 0.5) is 4.79 Å². The lowest BCUT2D eigenvalue weighted by Crippen LogP contribution is -2.32. The molecule has 0 spiro atoms. The van der Waals surface area contributed by atoms with E-state index in [1.165, 1.54) is 0 Å². The summed E-state index contributed by atoms with van der Waals surface area (Å²) in [6, 6.07) is 0.358. The summed E-state index contributed by atoms with van der Waals surface area (Å²) in [6.07, 6.45) is 4.70. The molecule has 16 heavy (non-hydrogen) atoms. The van der Waals surface area contributed by atoms with Crippen molar-refractivity contribution >= 4 is 12.0 Å². The molecule has 0 radical (unpaired) electrons.